The summed E-state index contributed by atoms with van der Waals surface area (Å²) in [6.45, 7) is 4.39. The second-order valence-electron chi connectivity index (χ2n) is 5.72. The highest BCUT2D eigenvalue weighted by atomic mass is 35.5. The van der Waals surface area contributed by atoms with Crippen molar-refractivity contribution in [1.82, 2.24) is 14.8 Å². The van der Waals surface area contributed by atoms with Crippen LogP contribution in [0, 0.1) is 6.92 Å². The third-order valence-corrected chi connectivity index (χ3v) is 4.48. The molecule has 0 spiro atoms. The first-order valence-corrected chi connectivity index (χ1v) is 7.36. The molecular formula is C15H22ClN3O2. The zero-order valence-electron chi connectivity index (χ0n) is 12.2. The first kappa shape index (κ1) is 16.0. The third-order valence-electron chi connectivity index (χ3n) is 4.48. The molecule has 2 aliphatic rings. The third kappa shape index (κ3) is 3.14. The Hall–Kier alpha value is -1.33. The molecule has 2 fully saturated rings. The van der Waals surface area contributed by atoms with E-state index in [1.54, 1.807) is 16.7 Å². The fourth-order valence-electron chi connectivity index (χ4n) is 3.43. The number of likely N-dealkylation sites (tertiary alicyclic amines) is 1. The molecule has 2 saturated heterocycles. The number of hydrogen-bond acceptors (Lipinski definition) is 3. The highest BCUT2D eigenvalue weighted by Crippen LogP contribution is 2.26. The van der Waals surface area contributed by atoms with Crippen LogP contribution in [0.2, 0.25) is 0 Å². The maximum Gasteiger partial charge on any atom is 0.250 e. The summed E-state index contributed by atoms with van der Waals surface area (Å²) in [6, 6.07) is 6.04. The molecule has 5 nitrogen and oxygen atoms in total. The minimum Gasteiger partial charge on any atom is -0.338 e. The van der Waals surface area contributed by atoms with Gasteiger partial charge in [-0.15, -0.1) is 12.4 Å². The van der Waals surface area contributed by atoms with Crippen molar-refractivity contribution in [2.45, 2.75) is 44.8 Å². The van der Waals surface area contributed by atoms with Gasteiger partial charge in [0.1, 0.15) is 0 Å². The Morgan fingerprint density at radius 2 is 2.10 bits per heavy atom. The average Bonchev–Trinajstić information content (AvgIpc) is 2.95. The molecule has 21 heavy (non-hydrogen) atoms. The topological polar surface area (TPSA) is 54.3 Å². The first-order valence-electron chi connectivity index (χ1n) is 7.36. The van der Waals surface area contributed by atoms with Crippen LogP contribution in [0.5, 0.6) is 0 Å². The molecule has 3 rings (SSSR count). The van der Waals surface area contributed by atoms with Crippen LogP contribution in [0.1, 0.15) is 25.0 Å². The molecule has 0 radical (unpaired) electrons. The van der Waals surface area contributed by atoms with E-state index in [1.165, 1.54) is 0 Å². The maximum atomic E-state index is 12.0. The molecule has 1 aromatic heterocycles. The van der Waals surface area contributed by atoms with Crippen molar-refractivity contribution in [1.29, 1.82) is 0 Å². The van der Waals surface area contributed by atoms with Crippen LogP contribution in [0.25, 0.3) is 0 Å². The van der Waals surface area contributed by atoms with Gasteiger partial charge in [0.25, 0.3) is 5.56 Å². The fourth-order valence-corrected chi connectivity index (χ4v) is 3.43. The zero-order chi connectivity index (χ0) is 14.1. The summed E-state index contributed by atoms with van der Waals surface area (Å²) in [4.78, 5) is 25.8. The summed E-state index contributed by atoms with van der Waals surface area (Å²) in [7, 11) is 0. The number of carbonyl (C=O) groups excluding carboxylic acids is 1. The number of amides is 1. The molecule has 2 aliphatic heterocycles. The van der Waals surface area contributed by atoms with Gasteiger partial charge in [0.15, 0.2) is 0 Å². The summed E-state index contributed by atoms with van der Waals surface area (Å²) >= 11 is 0. The Balaban J connectivity index is 0.00000161. The van der Waals surface area contributed by atoms with Crippen LogP contribution in [-0.4, -0.2) is 40.5 Å². The SMILES string of the molecule is Cc1cccc(=O)n1CCCN1C(=O)C[C@H]2NCC[C@H]21.Cl. The van der Waals surface area contributed by atoms with Gasteiger partial charge in [-0.2, -0.15) is 0 Å². The summed E-state index contributed by atoms with van der Waals surface area (Å²) in [5, 5.41) is 3.39. The average molecular weight is 312 g/mol. The van der Waals surface area contributed by atoms with Crippen molar-refractivity contribution in [3.05, 3.63) is 34.2 Å². The summed E-state index contributed by atoms with van der Waals surface area (Å²) in [5.41, 5.74) is 1.02. The summed E-state index contributed by atoms with van der Waals surface area (Å²) in [5.74, 6) is 0.254. The Morgan fingerprint density at radius 3 is 2.86 bits per heavy atom. The predicted octanol–water partition coefficient (Wildman–Crippen LogP) is 0.931. The lowest BCUT2D eigenvalue weighted by atomic mass is 10.1. The monoisotopic (exact) mass is 311 g/mol. The Labute approximate surface area is 130 Å². The van der Waals surface area contributed by atoms with Gasteiger partial charge in [0.05, 0.1) is 0 Å². The van der Waals surface area contributed by atoms with Crippen molar-refractivity contribution < 1.29 is 4.79 Å². The second kappa shape index (κ2) is 6.62. The van der Waals surface area contributed by atoms with Crippen LogP contribution < -0.4 is 10.9 Å². The lowest BCUT2D eigenvalue weighted by Gasteiger charge is -2.23. The van der Waals surface area contributed by atoms with Crippen LogP contribution in [0.15, 0.2) is 23.0 Å². The maximum absolute atomic E-state index is 12.0. The molecule has 1 amide bonds. The minimum atomic E-state index is 0. The van der Waals surface area contributed by atoms with E-state index in [1.807, 2.05) is 17.9 Å². The molecule has 0 aliphatic carbocycles. The van der Waals surface area contributed by atoms with Crippen molar-refractivity contribution in [2.24, 2.45) is 0 Å². The largest absolute Gasteiger partial charge is 0.338 e. The molecule has 0 aromatic carbocycles. The van der Waals surface area contributed by atoms with Crippen LogP contribution in [-0.2, 0) is 11.3 Å². The standard InChI is InChI=1S/C15H21N3O2.ClH/c1-11-4-2-5-14(19)17(11)8-3-9-18-13-6-7-16-12(13)10-15(18)20;/h2,4-5,12-13,16H,3,6-10H2,1H3;1H/t12-,13-;/m1./s1. The van der Waals surface area contributed by atoms with E-state index in [2.05, 4.69) is 5.32 Å². The number of pyridine rings is 1. The molecule has 0 unspecified atom stereocenters. The van der Waals surface area contributed by atoms with Gasteiger partial charge in [-0.25, -0.2) is 0 Å². The number of hydrogen-bond donors (Lipinski definition) is 1. The smallest absolute Gasteiger partial charge is 0.250 e. The van der Waals surface area contributed by atoms with Gasteiger partial charge in [-0.3, -0.25) is 9.59 Å². The molecule has 1 N–H and O–H groups in total. The second-order valence-corrected chi connectivity index (χ2v) is 5.72. The summed E-state index contributed by atoms with van der Waals surface area (Å²) < 4.78 is 1.78. The molecule has 6 heteroatoms. The number of nitrogens with one attached hydrogen (secondary N) is 1. The number of aryl methyl sites for hydroxylation is 1. The molecule has 1 aromatic rings. The summed E-state index contributed by atoms with van der Waals surface area (Å²) in [6.07, 6.45) is 2.52. The van der Waals surface area contributed by atoms with E-state index in [0.29, 0.717) is 25.0 Å². The van der Waals surface area contributed by atoms with Crippen LogP contribution in [0.4, 0.5) is 0 Å². The molecule has 3 heterocycles. The highest BCUT2D eigenvalue weighted by molar-refractivity contribution is 5.85. The van der Waals surface area contributed by atoms with E-state index >= 15 is 0 Å². The number of halogens is 1. The van der Waals surface area contributed by atoms with Crippen molar-refractivity contribution in [3.63, 3.8) is 0 Å². The van der Waals surface area contributed by atoms with Crippen molar-refractivity contribution >= 4 is 18.3 Å². The number of nitrogens with zero attached hydrogens (tertiary/aromatic N) is 2. The highest BCUT2D eigenvalue weighted by Gasteiger charge is 2.41. The zero-order valence-corrected chi connectivity index (χ0v) is 13.1. The van der Waals surface area contributed by atoms with E-state index < -0.39 is 0 Å². The predicted molar refractivity (Wildman–Crippen MR) is 83.8 cm³/mol. The lowest BCUT2D eigenvalue weighted by molar-refractivity contribution is -0.129. The lowest BCUT2D eigenvalue weighted by Crippen LogP contribution is -2.37. The van der Waals surface area contributed by atoms with Crippen molar-refractivity contribution in [2.75, 3.05) is 13.1 Å². The van der Waals surface area contributed by atoms with Gasteiger partial charge in [-0.05, 0) is 32.4 Å². The van der Waals surface area contributed by atoms with E-state index in [0.717, 1.165) is 31.6 Å². The molecule has 0 bridgehead atoms. The van der Waals surface area contributed by atoms with E-state index in [4.69, 9.17) is 0 Å². The van der Waals surface area contributed by atoms with Gasteiger partial charge in [-0.1, -0.05) is 6.07 Å². The Kier molecular flexibility index (Phi) is 5.06. The number of rotatable bonds is 4. The molecule has 116 valence electrons. The van der Waals surface area contributed by atoms with E-state index in [-0.39, 0.29) is 23.9 Å². The van der Waals surface area contributed by atoms with Gasteiger partial charge < -0.3 is 14.8 Å². The Bertz CT molecular complexity index is 572. The van der Waals surface area contributed by atoms with Crippen LogP contribution in [0.3, 0.4) is 0 Å². The van der Waals surface area contributed by atoms with Gasteiger partial charge >= 0.3 is 0 Å². The first-order chi connectivity index (χ1) is 9.66. The molecule has 0 saturated carbocycles. The number of fused-ring (bicyclic) bond motifs is 1. The van der Waals surface area contributed by atoms with Gasteiger partial charge in [0.2, 0.25) is 5.91 Å². The minimum absolute atomic E-state index is 0. The van der Waals surface area contributed by atoms with E-state index in [9.17, 15) is 9.59 Å². The quantitative estimate of drug-likeness (QED) is 0.900. The fraction of sp³-hybridized carbons (Fsp3) is 0.600. The van der Waals surface area contributed by atoms with Gasteiger partial charge in [0, 0.05) is 43.4 Å². The number of aromatic nitrogens is 1. The van der Waals surface area contributed by atoms with Crippen LogP contribution >= 0.6 is 12.4 Å². The Morgan fingerprint density at radius 1 is 1.29 bits per heavy atom. The molecular weight excluding hydrogens is 290 g/mol. The number of carbonyl (C=O) groups is 1. The normalized spacial score (nSPS) is 24.0. The van der Waals surface area contributed by atoms with Crippen molar-refractivity contribution in [3.8, 4) is 0 Å². The molecule has 2 atom stereocenters.